The zero-order valence-corrected chi connectivity index (χ0v) is 18.6. The topological polar surface area (TPSA) is 62.1 Å². The van der Waals surface area contributed by atoms with Crippen LogP contribution in [-0.4, -0.2) is 5.91 Å². The predicted octanol–water partition coefficient (Wildman–Crippen LogP) is 6.73. The van der Waals surface area contributed by atoms with Gasteiger partial charge >= 0.3 is 0 Å². The van der Waals surface area contributed by atoms with Crippen molar-refractivity contribution in [1.82, 2.24) is 0 Å². The summed E-state index contributed by atoms with van der Waals surface area (Å²) < 4.78 is 5.90. The number of halogens is 2. The minimum atomic E-state index is -0.481. The second-order valence-corrected chi connectivity index (χ2v) is 7.81. The molecule has 0 atom stereocenters. The number of carbonyl (C=O) groups excluding carboxylic acids is 1. The molecule has 3 rings (SSSR count). The lowest BCUT2D eigenvalue weighted by Gasteiger charge is -2.11. The van der Waals surface area contributed by atoms with Gasteiger partial charge in [0.25, 0.3) is 5.91 Å². The Morgan fingerprint density at radius 2 is 1.81 bits per heavy atom. The van der Waals surface area contributed by atoms with Crippen LogP contribution < -0.4 is 10.1 Å². The van der Waals surface area contributed by atoms with Crippen LogP contribution in [0.2, 0.25) is 10.0 Å². The molecule has 0 radical (unpaired) electrons. The Labute approximate surface area is 191 Å². The number of ether oxygens (including phenoxy) is 1. The Hall–Kier alpha value is -3.26. The summed E-state index contributed by atoms with van der Waals surface area (Å²) in [6, 6.07) is 20.0. The number of aryl methyl sites for hydroxylation is 2. The van der Waals surface area contributed by atoms with E-state index in [0.29, 0.717) is 27.0 Å². The van der Waals surface area contributed by atoms with Gasteiger partial charge in [0, 0.05) is 11.3 Å². The summed E-state index contributed by atoms with van der Waals surface area (Å²) >= 11 is 12.0. The van der Waals surface area contributed by atoms with Gasteiger partial charge in [-0.15, -0.1) is 0 Å². The molecule has 0 unspecified atom stereocenters. The summed E-state index contributed by atoms with van der Waals surface area (Å²) in [5, 5.41) is 13.2. The molecule has 31 heavy (non-hydrogen) atoms. The van der Waals surface area contributed by atoms with Crippen molar-refractivity contribution in [2.45, 2.75) is 20.5 Å². The van der Waals surface area contributed by atoms with E-state index in [2.05, 4.69) is 5.32 Å². The molecule has 0 aromatic heterocycles. The van der Waals surface area contributed by atoms with Crippen LogP contribution in [0.1, 0.15) is 22.3 Å². The van der Waals surface area contributed by atoms with E-state index in [1.54, 1.807) is 24.3 Å². The van der Waals surface area contributed by atoms with Crippen molar-refractivity contribution in [2.24, 2.45) is 0 Å². The highest BCUT2D eigenvalue weighted by Gasteiger charge is 2.12. The third-order valence-electron chi connectivity index (χ3n) is 4.73. The average Bonchev–Trinajstić information content (AvgIpc) is 2.76. The number of nitriles is 1. The highest BCUT2D eigenvalue weighted by Crippen LogP contribution is 2.26. The van der Waals surface area contributed by atoms with Crippen LogP contribution >= 0.6 is 23.2 Å². The summed E-state index contributed by atoms with van der Waals surface area (Å²) in [4.78, 5) is 12.6. The number of amides is 1. The fourth-order valence-electron chi connectivity index (χ4n) is 2.84. The summed E-state index contributed by atoms with van der Waals surface area (Å²) in [6.07, 6.45) is 1.51. The maximum atomic E-state index is 12.6. The fraction of sp³-hybridized carbons (Fsp3) is 0.120. The number of anilines is 1. The molecule has 0 saturated heterocycles. The van der Waals surface area contributed by atoms with Gasteiger partial charge in [-0.1, -0.05) is 53.5 Å². The summed E-state index contributed by atoms with van der Waals surface area (Å²) in [6.45, 7) is 4.22. The van der Waals surface area contributed by atoms with E-state index in [1.807, 2.05) is 56.3 Å². The fourth-order valence-corrected chi connectivity index (χ4v) is 3.16. The number of nitrogens with zero attached hydrogens (tertiary/aromatic N) is 1. The van der Waals surface area contributed by atoms with Crippen molar-refractivity contribution in [3.63, 3.8) is 0 Å². The normalized spacial score (nSPS) is 11.0. The Bertz CT molecular complexity index is 1200. The first-order valence-electron chi connectivity index (χ1n) is 9.53. The summed E-state index contributed by atoms with van der Waals surface area (Å²) in [5.41, 5.74) is 4.26. The van der Waals surface area contributed by atoms with Gasteiger partial charge in [0.05, 0.1) is 10.0 Å². The van der Waals surface area contributed by atoms with Gasteiger partial charge in [-0.25, -0.2) is 0 Å². The van der Waals surface area contributed by atoms with Crippen molar-refractivity contribution in [3.8, 4) is 11.8 Å². The average molecular weight is 451 g/mol. The second-order valence-electron chi connectivity index (χ2n) is 7.00. The Kier molecular flexibility index (Phi) is 7.36. The van der Waals surface area contributed by atoms with Gasteiger partial charge in [0.2, 0.25) is 0 Å². The SMILES string of the molecule is Cc1ccc(NC(=O)/C(C#N)=C/c2ccccc2OCc2ccc(Cl)c(Cl)c2)cc1C. The van der Waals surface area contributed by atoms with Crippen LogP contribution in [-0.2, 0) is 11.4 Å². The van der Waals surface area contributed by atoms with Crippen LogP contribution in [0, 0.1) is 25.2 Å². The number of hydrogen-bond donors (Lipinski definition) is 1. The second kappa shape index (κ2) is 10.2. The van der Waals surface area contributed by atoms with E-state index >= 15 is 0 Å². The molecule has 0 aliphatic rings. The first-order valence-corrected chi connectivity index (χ1v) is 10.3. The summed E-state index contributed by atoms with van der Waals surface area (Å²) in [5.74, 6) is 0.0605. The van der Waals surface area contributed by atoms with Crippen molar-refractivity contribution >= 4 is 40.9 Å². The van der Waals surface area contributed by atoms with Gasteiger partial charge in [-0.05, 0) is 66.9 Å². The zero-order valence-electron chi connectivity index (χ0n) is 17.1. The number of para-hydroxylation sites is 1. The lowest BCUT2D eigenvalue weighted by atomic mass is 10.1. The van der Waals surface area contributed by atoms with Gasteiger partial charge in [0.15, 0.2) is 0 Å². The minimum absolute atomic E-state index is 0.0242. The van der Waals surface area contributed by atoms with Crippen LogP contribution in [0.15, 0.2) is 66.2 Å². The highest BCUT2D eigenvalue weighted by molar-refractivity contribution is 6.42. The van der Waals surface area contributed by atoms with E-state index < -0.39 is 5.91 Å². The Morgan fingerprint density at radius 1 is 1.03 bits per heavy atom. The van der Waals surface area contributed by atoms with E-state index in [1.165, 1.54) is 6.08 Å². The largest absolute Gasteiger partial charge is 0.488 e. The molecule has 0 bridgehead atoms. The van der Waals surface area contributed by atoms with Crippen molar-refractivity contribution in [3.05, 3.63) is 98.5 Å². The smallest absolute Gasteiger partial charge is 0.266 e. The summed E-state index contributed by atoms with van der Waals surface area (Å²) in [7, 11) is 0. The quantitative estimate of drug-likeness (QED) is 0.334. The number of benzene rings is 3. The highest BCUT2D eigenvalue weighted by atomic mass is 35.5. The monoisotopic (exact) mass is 450 g/mol. The number of nitrogens with one attached hydrogen (secondary N) is 1. The lowest BCUT2D eigenvalue weighted by molar-refractivity contribution is -0.112. The molecule has 0 fully saturated rings. The van der Waals surface area contributed by atoms with E-state index in [-0.39, 0.29) is 12.2 Å². The molecule has 156 valence electrons. The number of carbonyl (C=O) groups is 1. The maximum absolute atomic E-state index is 12.6. The lowest BCUT2D eigenvalue weighted by Crippen LogP contribution is -2.13. The van der Waals surface area contributed by atoms with E-state index in [9.17, 15) is 10.1 Å². The third kappa shape index (κ3) is 5.88. The van der Waals surface area contributed by atoms with E-state index in [4.69, 9.17) is 27.9 Å². The van der Waals surface area contributed by atoms with Crippen LogP contribution in [0.5, 0.6) is 5.75 Å². The standard InChI is InChI=1S/C25H20Cl2N2O2/c1-16-7-9-21(11-17(16)2)29-25(30)20(14-28)13-19-5-3-4-6-24(19)31-15-18-8-10-22(26)23(27)12-18/h3-13H,15H2,1-2H3,(H,29,30)/b20-13+. The van der Waals surface area contributed by atoms with Crippen LogP contribution in [0.3, 0.4) is 0 Å². The van der Waals surface area contributed by atoms with Gasteiger partial charge in [-0.2, -0.15) is 5.26 Å². The van der Waals surface area contributed by atoms with Gasteiger partial charge in [-0.3, -0.25) is 4.79 Å². The molecular weight excluding hydrogens is 431 g/mol. The maximum Gasteiger partial charge on any atom is 0.266 e. The number of hydrogen-bond acceptors (Lipinski definition) is 3. The molecule has 3 aromatic rings. The minimum Gasteiger partial charge on any atom is -0.488 e. The number of rotatable bonds is 6. The molecule has 1 amide bonds. The van der Waals surface area contributed by atoms with Gasteiger partial charge in [0.1, 0.15) is 24.0 Å². The third-order valence-corrected chi connectivity index (χ3v) is 5.47. The van der Waals surface area contributed by atoms with Crippen molar-refractivity contribution < 1.29 is 9.53 Å². The first kappa shape index (κ1) is 22.4. The predicted molar refractivity (Wildman–Crippen MR) is 125 cm³/mol. The molecule has 0 saturated carbocycles. The van der Waals surface area contributed by atoms with E-state index in [0.717, 1.165) is 16.7 Å². The molecule has 3 aromatic carbocycles. The Morgan fingerprint density at radius 3 is 2.52 bits per heavy atom. The van der Waals surface area contributed by atoms with Crippen LogP contribution in [0.25, 0.3) is 6.08 Å². The molecule has 0 aliphatic carbocycles. The molecule has 1 N–H and O–H groups in total. The Balaban J connectivity index is 1.78. The molecule has 4 nitrogen and oxygen atoms in total. The molecule has 6 heteroatoms. The zero-order chi connectivity index (χ0) is 22.4. The molecular formula is C25H20Cl2N2O2. The van der Waals surface area contributed by atoms with Crippen molar-refractivity contribution in [1.29, 1.82) is 5.26 Å². The molecule has 0 heterocycles. The molecule has 0 aliphatic heterocycles. The first-order chi connectivity index (χ1) is 14.9. The molecule has 0 spiro atoms. The van der Waals surface area contributed by atoms with Gasteiger partial charge < -0.3 is 10.1 Å². The van der Waals surface area contributed by atoms with Crippen LogP contribution in [0.4, 0.5) is 5.69 Å². The van der Waals surface area contributed by atoms with Crippen molar-refractivity contribution in [2.75, 3.05) is 5.32 Å².